The highest BCUT2D eigenvalue weighted by Gasteiger charge is 2.20. The minimum atomic E-state index is -3.28. The summed E-state index contributed by atoms with van der Waals surface area (Å²) in [6.07, 6.45) is 2.68. The fourth-order valence-electron chi connectivity index (χ4n) is 3.28. The molecule has 27 heavy (non-hydrogen) atoms. The van der Waals surface area contributed by atoms with Gasteiger partial charge in [0.25, 0.3) is 0 Å². The first-order valence-corrected chi connectivity index (χ1v) is 10.7. The number of benzene rings is 1. The zero-order chi connectivity index (χ0) is 18.9. The van der Waals surface area contributed by atoms with Crippen LogP contribution in [0, 0.1) is 0 Å². The molecule has 3 heterocycles. The van der Waals surface area contributed by atoms with E-state index in [4.69, 9.17) is 9.47 Å². The summed E-state index contributed by atoms with van der Waals surface area (Å²) in [4.78, 5) is 8.99. The van der Waals surface area contributed by atoms with E-state index in [1.165, 1.54) is 5.56 Å². The molecule has 144 valence electrons. The van der Waals surface area contributed by atoms with Crippen LogP contribution in [0.1, 0.15) is 5.56 Å². The SMILES string of the molecule is CS(=O)(=O)Nc1ccc(N2CCN(Cc3ccc4c(c3)OCO4)CC2)nc1. The monoisotopic (exact) mass is 390 g/mol. The third-order valence-corrected chi connectivity index (χ3v) is 5.20. The summed E-state index contributed by atoms with van der Waals surface area (Å²) in [6, 6.07) is 9.67. The first kappa shape index (κ1) is 17.9. The van der Waals surface area contributed by atoms with E-state index >= 15 is 0 Å². The summed E-state index contributed by atoms with van der Waals surface area (Å²) in [7, 11) is -3.28. The first-order chi connectivity index (χ1) is 13.0. The Hall–Kier alpha value is -2.52. The molecule has 0 amide bonds. The summed E-state index contributed by atoms with van der Waals surface area (Å²) >= 11 is 0. The summed E-state index contributed by atoms with van der Waals surface area (Å²) in [5.41, 5.74) is 1.68. The number of hydrogen-bond donors (Lipinski definition) is 1. The number of fused-ring (bicyclic) bond motifs is 1. The lowest BCUT2D eigenvalue weighted by Crippen LogP contribution is -2.46. The highest BCUT2D eigenvalue weighted by atomic mass is 32.2. The lowest BCUT2D eigenvalue weighted by Gasteiger charge is -2.35. The third-order valence-electron chi connectivity index (χ3n) is 4.59. The lowest BCUT2D eigenvalue weighted by atomic mass is 10.1. The summed E-state index contributed by atoms with van der Waals surface area (Å²) in [6.45, 7) is 4.77. The maximum absolute atomic E-state index is 11.3. The molecule has 1 aromatic carbocycles. The van der Waals surface area contributed by atoms with Gasteiger partial charge in [-0.15, -0.1) is 0 Å². The van der Waals surface area contributed by atoms with Gasteiger partial charge in [-0.25, -0.2) is 13.4 Å². The van der Waals surface area contributed by atoms with E-state index in [2.05, 4.69) is 25.6 Å². The molecule has 8 nitrogen and oxygen atoms in total. The molecule has 2 aliphatic rings. The van der Waals surface area contributed by atoms with Crippen molar-refractivity contribution < 1.29 is 17.9 Å². The summed E-state index contributed by atoms with van der Waals surface area (Å²) in [5.74, 6) is 2.48. The number of hydrogen-bond acceptors (Lipinski definition) is 7. The fraction of sp³-hybridized carbons (Fsp3) is 0.389. The van der Waals surface area contributed by atoms with Crippen LogP contribution in [-0.2, 0) is 16.6 Å². The predicted molar refractivity (Wildman–Crippen MR) is 103 cm³/mol. The maximum Gasteiger partial charge on any atom is 0.231 e. The molecular weight excluding hydrogens is 368 g/mol. The van der Waals surface area contributed by atoms with Gasteiger partial charge in [-0.3, -0.25) is 9.62 Å². The standard InChI is InChI=1S/C18H22N4O4S/c1-27(23,24)20-15-3-5-18(19-11-15)22-8-6-21(7-9-22)12-14-2-4-16-17(10-14)26-13-25-16/h2-5,10-11,20H,6-9,12-13H2,1H3. The van der Waals surface area contributed by atoms with Crippen LogP contribution in [0.15, 0.2) is 36.5 Å². The van der Waals surface area contributed by atoms with Crippen LogP contribution in [0.25, 0.3) is 0 Å². The second-order valence-corrected chi connectivity index (χ2v) is 8.48. The van der Waals surface area contributed by atoms with Crippen LogP contribution in [0.4, 0.5) is 11.5 Å². The summed E-state index contributed by atoms with van der Waals surface area (Å²) < 4.78 is 35.8. The average Bonchev–Trinajstić information content (AvgIpc) is 3.10. The van der Waals surface area contributed by atoms with E-state index < -0.39 is 10.0 Å². The molecule has 1 N–H and O–H groups in total. The lowest BCUT2D eigenvalue weighted by molar-refractivity contribution is 0.174. The number of anilines is 2. The number of nitrogens with zero attached hydrogens (tertiary/aromatic N) is 3. The normalized spacial score (nSPS) is 17.1. The number of pyridine rings is 1. The van der Waals surface area contributed by atoms with Crippen LogP contribution in [0.5, 0.6) is 11.5 Å². The Morgan fingerprint density at radius 1 is 1.07 bits per heavy atom. The second-order valence-electron chi connectivity index (χ2n) is 6.73. The molecular formula is C18H22N4O4S. The van der Waals surface area contributed by atoms with Crippen LogP contribution in [0.3, 0.4) is 0 Å². The third kappa shape index (κ3) is 4.42. The van der Waals surface area contributed by atoms with Crippen molar-refractivity contribution in [3.8, 4) is 11.5 Å². The van der Waals surface area contributed by atoms with Crippen molar-refractivity contribution >= 4 is 21.5 Å². The minimum absolute atomic E-state index is 0.295. The van der Waals surface area contributed by atoms with Gasteiger partial charge in [-0.1, -0.05) is 6.07 Å². The number of piperazine rings is 1. The van der Waals surface area contributed by atoms with Crippen LogP contribution in [0.2, 0.25) is 0 Å². The van der Waals surface area contributed by atoms with Crippen molar-refractivity contribution in [2.75, 3.05) is 48.8 Å². The van der Waals surface area contributed by atoms with Crippen molar-refractivity contribution in [2.24, 2.45) is 0 Å². The van der Waals surface area contributed by atoms with Crippen molar-refractivity contribution in [2.45, 2.75) is 6.54 Å². The molecule has 4 rings (SSSR count). The number of ether oxygens (including phenoxy) is 2. The molecule has 0 saturated carbocycles. The van der Waals surface area contributed by atoms with Crippen molar-refractivity contribution in [1.29, 1.82) is 0 Å². The van der Waals surface area contributed by atoms with Crippen molar-refractivity contribution in [3.05, 3.63) is 42.1 Å². The van der Waals surface area contributed by atoms with Gasteiger partial charge in [0.1, 0.15) is 5.82 Å². The van der Waals surface area contributed by atoms with Gasteiger partial charge >= 0.3 is 0 Å². The van der Waals surface area contributed by atoms with Crippen molar-refractivity contribution in [1.82, 2.24) is 9.88 Å². The van der Waals surface area contributed by atoms with Gasteiger partial charge in [0, 0.05) is 32.7 Å². The smallest absolute Gasteiger partial charge is 0.231 e. The quantitative estimate of drug-likeness (QED) is 0.828. The van der Waals surface area contributed by atoms with E-state index in [-0.39, 0.29) is 0 Å². The highest BCUT2D eigenvalue weighted by Crippen LogP contribution is 2.32. The molecule has 0 bridgehead atoms. The molecule has 0 unspecified atom stereocenters. The van der Waals surface area contributed by atoms with Gasteiger partial charge in [-0.05, 0) is 29.8 Å². The molecule has 0 aliphatic carbocycles. The zero-order valence-electron chi connectivity index (χ0n) is 15.1. The van der Waals surface area contributed by atoms with Crippen LogP contribution < -0.4 is 19.1 Å². The van der Waals surface area contributed by atoms with Gasteiger partial charge < -0.3 is 14.4 Å². The fourth-order valence-corrected chi connectivity index (χ4v) is 3.83. The molecule has 1 aromatic heterocycles. The summed E-state index contributed by atoms with van der Waals surface area (Å²) in [5, 5.41) is 0. The Morgan fingerprint density at radius 2 is 1.85 bits per heavy atom. The van der Waals surface area contributed by atoms with E-state index in [1.807, 2.05) is 18.2 Å². The largest absolute Gasteiger partial charge is 0.454 e. The van der Waals surface area contributed by atoms with E-state index in [1.54, 1.807) is 12.3 Å². The number of aromatic nitrogens is 1. The molecule has 0 spiro atoms. The molecule has 1 saturated heterocycles. The first-order valence-electron chi connectivity index (χ1n) is 8.76. The molecule has 9 heteroatoms. The van der Waals surface area contributed by atoms with Gasteiger partial charge in [0.05, 0.1) is 18.1 Å². The Balaban J connectivity index is 1.32. The van der Waals surface area contributed by atoms with Gasteiger partial charge in [-0.2, -0.15) is 0 Å². The minimum Gasteiger partial charge on any atom is -0.454 e. The number of nitrogens with one attached hydrogen (secondary N) is 1. The van der Waals surface area contributed by atoms with Crippen LogP contribution >= 0.6 is 0 Å². The maximum atomic E-state index is 11.3. The topological polar surface area (TPSA) is 84.0 Å². The number of rotatable bonds is 5. The van der Waals surface area contributed by atoms with E-state index in [0.717, 1.165) is 56.3 Å². The molecule has 0 atom stereocenters. The highest BCUT2D eigenvalue weighted by molar-refractivity contribution is 7.92. The Labute approximate surface area is 158 Å². The Bertz CT molecular complexity index is 909. The predicted octanol–water partition coefficient (Wildman–Crippen LogP) is 1.50. The van der Waals surface area contributed by atoms with Crippen molar-refractivity contribution in [3.63, 3.8) is 0 Å². The Kier molecular flexibility index (Phi) is 4.79. The molecule has 2 aromatic rings. The average molecular weight is 390 g/mol. The molecule has 0 radical (unpaired) electrons. The van der Waals surface area contributed by atoms with E-state index in [0.29, 0.717) is 12.5 Å². The van der Waals surface area contributed by atoms with Crippen LogP contribution in [-0.4, -0.2) is 57.5 Å². The molecule has 1 fully saturated rings. The van der Waals surface area contributed by atoms with Gasteiger partial charge in [0.2, 0.25) is 16.8 Å². The van der Waals surface area contributed by atoms with Gasteiger partial charge in [0.15, 0.2) is 11.5 Å². The number of sulfonamides is 1. The Morgan fingerprint density at radius 3 is 2.56 bits per heavy atom. The molecule has 2 aliphatic heterocycles. The zero-order valence-corrected chi connectivity index (χ0v) is 15.9. The van der Waals surface area contributed by atoms with E-state index in [9.17, 15) is 8.42 Å². The second kappa shape index (κ2) is 7.24.